The van der Waals surface area contributed by atoms with Gasteiger partial charge in [0.1, 0.15) is 5.82 Å². The summed E-state index contributed by atoms with van der Waals surface area (Å²) in [6.45, 7) is 0. The van der Waals surface area contributed by atoms with Gasteiger partial charge in [-0.3, -0.25) is 4.79 Å². The molecular formula is C12H12N2O. The topological polar surface area (TPSA) is 34.0 Å². The normalized spacial score (nSPS) is 9.93. The van der Waals surface area contributed by atoms with Crippen LogP contribution in [0, 0.1) is 0 Å². The average Bonchev–Trinajstić information content (AvgIpc) is 2.66. The third kappa shape index (κ3) is 2.07. The number of nitrogens with one attached hydrogen (secondary N) is 1. The van der Waals surface area contributed by atoms with Crippen molar-refractivity contribution in [1.29, 1.82) is 0 Å². The molecule has 3 heteroatoms. The number of hydrogen-bond acceptors (Lipinski definition) is 1. The maximum atomic E-state index is 11.7. The van der Waals surface area contributed by atoms with Gasteiger partial charge in [-0.2, -0.15) is 0 Å². The van der Waals surface area contributed by atoms with Crippen LogP contribution in [0.3, 0.4) is 0 Å². The van der Waals surface area contributed by atoms with Crippen LogP contribution in [-0.4, -0.2) is 10.5 Å². The van der Waals surface area contributed by atoms with Crippen LogP contribution in [0.15, 0.2) is 48.7 Å². The molecule has 1 aromatic heterocycles. The average molecular weight is 200 g/mol. The molecule has 0 radical (unpaired) electrons. The Bertz CT molecular complexity index is 459. The molecule has 0 aliphatic heterocycles. The summed E-state index contributed by atoms with van der Waals surface area (Å²) < 4.78 is 1.86. The molecule has 0 fully saturated rings. The number of rotatable bonds is 2. The summed E-state index contributed by atoms with van der Waals surface area (Å²) in [4.78, 5) is 11.7. The van der Waals surface area contributed by atoms with Crippen LogP contribution in [0.4, 0.5) is 5.82 Å². The number of hydrogen-bond donors (Lipinski definition) is 1. The molecule has 1 N–H and O–H groups in total. The summed E-state index contributed by atoms with van der Waals surface area (Å²) in [5.74, 6) is 0.709. The maximum absolute atomic E-state index is 11.7. The molecule has 0 atom stereocenters. The minimum absolute atomic E-state index is 0.0857. The largest absolute Gasteiger partial charge is 0.338 e. The van der Waals surface area contributed by atoms with Crippen molar-refractivity contribution in [3.8, 4) is 0 Å². The Hall–Kier alpha value is -2.03. The smallest absolute Gasteiger partial charge is 0.256 e. The quantitative estimate of drug-likeness (QED) is 0.792. The zero-order valence-electron chi connectivity index (χ0n) is 8.47. The molecule has 0 unspecified atom stereocenters. The molecule has 15 heavy (non-hydrogen) atoms. The number of carbonyl (C=O) groups is 1. The molecule has 0 bridgehead atoms. The van der Waals surface area contributed by atoms with Crippen molar-refractivity contribution in [3.63, 3.8) is 0 Å². The summed E-state index contributed by atoms with van der Waals surface area (Å²) in [7, 11) is 1.89. The zero-order valence-corrected chi connectivity index (χ0v) is 8.47. The van der Waals surface area contributed by atoms with Crippen LogP contribution in [-0.2, 0) is 7.05 Å². The summed E-state index contributed by atoms with van der Waals surface area (Å²) in [6, 6.07) is 12.9. The molecule has 0 spiro atoms. The first-order chi connectivity index (χ1) is 7.27. The lowest BCUT2D eigenvalue weighted by atomic mass is 10.2. The number of benzene rings is 1. The van der Waals surface area contributed by atoms with Crippen molar-refractivity contribution >= 4 is 11.7 Å². The van der Waals surface area contributed by atoms with Crippen molar-refractivity contribution in [2.45, 2.75) is 0 Å². The number of aryl methyl sites for hydroxylation is 1. The van der Waals surface area contributed by atoms with Gasteiger partial charge in [-0.15, -0.1) is 0 Å². The first kappa shape index (κ1) is 9.52. The Morgan fingerprint density at radius 2 is 1.87 bits per heavy atom. The second-order valence-electron chi connectivity index (χ2n) is 3.32. The van der Waals surface area contributed by atoms with Crippen molar-refractivity contribution in [3.05, 3.63) is 54.2 Å². The van der Waals surface area contributed by atoms with Crippen molar-refractivity contribution in [2.75, 3.05) is 5.32 Å². The fourth-order valence-corrected chi connectivity index (χ4v) is 1.37. The van der Waals surface area contributed by atoms with E-state index in [-0.39, 0.29) is 5.91 Å². The Kier molecular flexibility index (Phi) is 2.54. The fraction of sp³-hybridized carbons (Fsp3) is 0.0833. The molecule has 76 valence electrons. The van der Waals surface area contributed by atoms with E-state index < -0.39 is 0 Å². The highest BCUT2D eigenvalue weighted by Gasteiger charge is 2.05. The van der Waals surface area contributed by atoms with Crippen LogP contribution in [0.1, 0.15) is 10.4 Å². The Labute approximate surface area is 88.3 Å². The molecule has 1 aromatic carbocycles. The van der Waals surface area contributed by atoms with Gasteiger partial charge in [0.15, 0.2) is 0 Å². The molecule has 0 aliphatic carbocycles. The van der Waals surface area contributed by atoms with E-state index in [0.717, 1.165) is 5.82 Å². The van der Waals surface area contributed by atoms with Gasteiger partial charge in [-0.1, -0.05) is 18.2 Å². The van der Waals surface area contributed by atoms with E-state index in [0.29, 0.717) is 5.56 Å². The number of nitrogens with zero attached hydrogens (tertiary/aromatic N) is 1. The van der Waals surface area contributed by atoms with E-state index in [1.54, 1.807) is 12.1 Å². The van der Waals surface area contributed by atoms with Gasteiger partial charge in [-0.25, -0.2) is 0 Å². The maximum Gasteiger partial charge on any atom is 0.256 e. The molecule has 0 aliphatic rings. The van der Waals surface area contributed by atoms with Crippen molar-refractivity contribution in [2.24, 2.45) is 7.05 Å². The third-order valence-corrected chi connectivity index (χ3v) is 2.22. The Morgan fingerprint density at radius 1 is 1.13 bits per heavy atom. The lowest BCUT2D eigenvalue weighted by Crippen LogP contribution is -2.13. The predicted molar refractivity (Wildman–Crippen MR) is 59.8 cm³/mol. The van der Waals surface area contributed by atoms with Gasteiger partial charge in [0.05, 0.1) is 0 Å². The molecule has 0 saturated carbocycles. The van der Waals surface area contributed by atoms with Gasteiger partial charge < -0.3 is 9.88 Å². The molecular weight excluding hydrogens is 188 g/mol. The van der Waals surface area contributed by atoms with Crippen LogP contribution < -0.4 is 5.32 Å². The van der Waals surface area contributed by atoms with Crippen LogP contribution in [0.25, 0.3) is 0 Å². The van der Waals surface area contributed by atoms with Gasteiger partial charge in [0.25, 0.3) is 5.91 Å². The van der Waals surface area contributed by atoms with Crippen LogP contribution in [0.5, 0.6) is 0 Å². The van der Waals surface area contributed by atoms with E-state index in [9.17, 15) is 4.79 Å². The van der Waals surface area contributed by atoms with Gasteiger partial charge in [0, 0.05) is 18.8 Å². The first-order valence-electron chi connectivity index (χ1n) is 4.75. The number of anilines is 1. The molecule has 2 aromatic rings. The van der Waals surface area contributed by atoms with Gasteiger partial charge in [0.2, 0.25) is 0 Å². The highest BCUT2D eigenvalue weighted by molar-refractivity contribution is 6.03. The fourth-order valence-electron chi connectivity index (χ4n) is 1.37. The predicted octanol–water partition coefficient (Wildman–Crippen LogP) is 2.28. The van der Waals surface area contributed by atoms with Crippen LogP contribution in [0.2, 0.25) is 0 Å². The molecule has 1 heterocycles. The van der Waals surface area contributed by atoms with E-state index >= 15 is 0 Å². The van der Waals surface area contributed by atoms with E-state index in [1.807, 2.05) is 48.1 Å². The van der Waals surface area contributed by atoms with Crippen molar-refractivity contribution < 1.29 is 4.79 Å². The zero-order chi connectivity index (χ0) is 10.7. The second-order valence-corrected chi connectivity index (χ2v) is 3.32. The van der Waals surface area contributed by atoms with E-state index in [1.165, 1.54) is 0 Å². The highest BCUT2D eigenvalue weighted by Crippen LogP contribution is 2.08. The number of amides is 1. The summed E-state index contributed by atoms with van der Waals surface area (Å²) in [5.41, 5.74) is 0.665. The monoisotopic (exact) mass is 200 g/mol. The third-order valence-electron chi connectivity index (χ3n) is 2.22. The molecule has 3 nitrogen and oxygen atoms in total. The standard InChI is InChI=1S/C12H12N2O/c1-14-9-5-8-11(14)13-12(15)10-6-3-2-4-7-10/h2-9H,1H3,(H,13,15). The Morgan fingerprint density at radius 3 is 2.47 bits per heavy atom. The molecule has 1 amide bonds. The lowest BCUT2D eigenvalue weighted by Gasteiger charge is -2.05. The molecule has 2 rings (SSSR count). The lowest BCUT2D eigenvalue weighted by molar-refractivity contribution is 0.102. The first-order valence-corrected chi connectivity index (χ1v) is 4.75. The van der Waals surface area contributed by atoms with Crippen LogP contribution >= 0.6 is 0 Å². The Balaban J connectivity index is 2.15. The second kappa shape index (κ2) is 4.00. The SMILES string of the molecule is Cn1cccc1NC(=O)c1ccccc1. The molecule has 0 saturated heterocycles. The number of carbonyl (C=O) groups excluding carboxylic acids is 1. The van der Waals surface area contributed by atoms with Gasteiger partial charge >= 0.3 is 0 Å². The van der Waals surface area contributed by atoms with Crippen molar-refractivity contribution in [1.82, 2.24) is 4.57 Å². The van der Waals surface area contributed by atoms with E-state index in [2.05, 4.69) is 5.32 Å². The van der Waals surface area contributed by atoms with Gasteiger partial charge in [-0.05, 0) is 24.3 Å². The highest BCUT2D eigenvalue weighted by atomic mass is 16.1. The summed E-state index contributed by atoms with van der Waals surface area (Å²) >= 11 is 0. The summed E-state index contributed by atoms with van der Waals surface area (Å²) in [6.07, 6.45) is 1.89. The van der Waals surface area contributed by atoms with E-state index in [4.69, 9.17) is 0 Å². The minimum Gasteiger partial charge on any atom is -0.338 e. The minimum atomic E-state index is -0.0857. The number of aromatic nitrogens is 1. The summed E-state index contributed by atoms with van der Waals surface area (Å²) in [5, 5.41) is 2.83.